The fraction of sp³-hybridized carbons (Fsp3) is 0.615. The van der Waals surface area contributed by atoms with Gasteiger partial charge in [0.15, 0.2) is 0 Å². The van der Waals surface area contributed by atoms with Gasteiger partial charge in [0.2, 0.25) is 5.91 Å². The van der Waals surface area contributed by atoms with Gasteiger partial charge in [0.25, 0.3) is 0 Å². The van der Waals surface area contributed by atoms with Crippen LogP contribution >= 0.6 is 0 Å². The molecule has 1 N–H and O–H groups in total. The normalized spacial score (nSPS) is 17.8. The Bertz CT molecular complexity index is 1030. The largest absolute Gasteiger partial charge is 0.444 e. The predicted molar refractivity (Wildman–Crippen MR) is 130 cm³/mol. The van der Waals surface area contributed by atoms with Crippen molar-refractivity contribution >= 4 is 22.9 Å². The molecule has 4 rings (SSSR count). The van der Waals surface area contributed by atoms with Crippen LogP contribution in [0.1, 0.15) is 56.9 Å². The molecule has 33 heavy (non-hydrogen) atoms. The summed E-state index contributed by atoms with van der Waals surface area (Å²) >= 11 is 0. The number of aryl methyl sites for hydroxylation is 2. The minimum atomic E-state index is -0.488. The lowest BCUT2D eigenvalue weighted by Crippen LogP contribution is -2.47. The Hall–Kier alpha value is -2.54. The van der Waals surface area contributed by atoms with Gasteiger partial charge in [0.1, 0.15) is 5.60 Å². The van der Waals surface area contributed by atoms with Crippen LogP contribution in [0.2, 0.25) is 0 Å². The number of carbonyl (C=O) groups excluding carboxylic acids is 2. The number of likely N-dealkylation sites (N-methyl/N-ethyl adjacent to an activating group) is 1. The highest BCUT2D eigenvalue weighted by molar-refractivity contribution is 5.87. The third kappa shape index (κ3) is 5.52. The lowest BCUT2D eigenvalue weighted by molar-refractivity contribution is -0.122. The maximum atomic E-state index is 12.8. The van der Waals surface area contributed by atoms with Crippen LogP contribution in [0.25, 0.3) is 10.9 Å². The van der Waals surface area contributed by atoms with Crippen molar-refractivity contribution in [3.63, 3.8) is 0 Å². The summed E-state index contributed by atoms with van der Waals surface area (Å²) in [5.74, 6) is 0.0846. The van der Waals surface area contributed by atoms with Crippen LogP contribution < -0.4 is 5.32 Å². The highest BCUT2D eigenvalue weighted by Crippen LogP contribution is 2.31. The molecule has 0 radical (unpaired) electrons. The van der Waals surface area contributed by atoms with Crippen molar-refractivity contribution in [1.82, 2.24) is 19.7 Å². The van der Waals surface area contributed by atoms with E-state index in [-0.39, 0.29) is 18.0 Å². The number of hydrogen-bond donors (Lipinski definition) is 1. The van der Waals surface area contributed by atoms with Gasteiger partial charge < -0.3 is 24.4 Å². The van der Waals surface area contributed by atoms with Crippen LogP contribution in [-0.2, 0) is 29.0 Å². The van der Waals surface area contributed by atoms with Crippen molar-refractivity contribution in [3.05, 3.63) is 35.0 Å². The lowest BCUT2D eigenvalue weighted by atomic mass is 10.0. The van der Waals surface area contributed by atoms with E-state index in [0.29, 0.717) is 26.1 Å². The Balaban J connectivity index is 1.34. The van der Waals surface area contributed by atoms with E-state index in [0.717, 1.165) is 32.4 Å². The molecule has 0 bridgehead atoms. The van der Waals surface area contributed by atoms with Crippen molar-refractivity contribution in [2.45, 2.75) is 78.1 Å². The Labute approximate surface area is 197 Å². The molecule has 0 saturated carbocycles. The molecule has 2 amide bonds. The number of fused-ring (bicyclic) bond motifs is 3. The molecular weight excluding hydrogens is 416 g/mol. The number of rotatable bonds is 4. The van der Waals surface area contributed by atoms with E-state index >= 15 is 0 Å². The van der Waals surface area contributed by atoms with E-state index in [2.05, 4.69) is 47.0 Å². The zero-order valence-corrected chi connectivity index (χ0v) is 20.7. The van der Waals surface area contributed by atoms with Gasteiger partial charge in [-0.05, 0) is 65.3 Å². The number of nitrogens with one attached hydrogen (secondary N) is 1. The smallest absolute Gasteiger partial charge is 0.410 e. The number of ether oxygens (including phenoxy) is 1. The molecule has 1 saturated heterocycles. The standard InChI is InChI=1S/C26H38N4O3/c1-18-6-7-22-20(16-18)21-17-28(5)12-10-23(21)30(22)15-11-24(31)27-19-8-13-29(14-9-19)25(32)33-26(2,3)4/h6-7,16,19H,8-15,17H2,1-5H3,(H,27,31). The molecule has 0 spiro atoms. The molecule has 0 atom stereocenters. The molecule has 2 aliphatic rings. The Morgan fingerprint density at radius 3 is 2.58 bits per heavy atom. The van der Waals surface area contributed by atoms with Gasteiger partial charge in [0.05, 0.1) is 0 Å². The molecule has 0 aliphatic carbocycles. The summed E-state index contributed by atoms with van der Waals surface area (Å²) in [5, 5.41) is 4.52. The second-order valence-corrected chi connectivity index (χ2v) is 10.6. The second-order valence-electron chi connectivity index (χ2n) is 10.6. The van der Waals surface area contributed by atoms with E-state index in [1.54, 1.807) is 4.90 Å². The summed E-state index contributed by atoms with van der Waals surface area (Å²) in [4.78, 5) is 29.1. The number of aromatic nitrogens is 1. The molecule has 1 fully saturated rings. The van der Waals surface area contributed by atoms with Crippen molar-refractivity contribution < 1.29 is 14.3 Å². The number of piperidine rings is 1. The van der Waals surface area contributed by atoms with Crippen LogP contribution in [0.4, 0.5) is 4.79 Å². The van der Waals surface area contributed by atoms with Gasteiger partial charge in [-0.1, -0.05) is 11.6 Å². The van der Waals surface area contributed by atoms with Gasteiger partial charge >= 0.3 is 6.09 Å². The Morgan fingerprint density at radius 1 is 1.15 bits per heavy atom. The maximum Gasteiger partial charge on any atom is 0.410 e. The molecule has 2 aliphatic heterocycles. The third-order valence-corrected chi connectivity index (χ3v) is 6.67. The first-order valence-electron chi connectivity index (χ1n) is 12.2. The van der Waals surface area contributed by atoms with Crippen LogP contribution in [0.5, 0.6) is 0 Å². The van der Waals surface area contributed by atoms with Crippen molar-refractivity contribution in [2.24, 2.45) is 0 Å². The topological polar surface area (TPSA) is 66.8 Å². The minimum absolute atomic E-state index is 0.0846. The molecule has 1 aromatic carbocycles. The van der Waals surface area contributed by atoms with E-state index in [1.807, 2.05) is 20.8 Å². The number of nitrogens with zero attached hydrogens (tertiary/aromatic N) is 3. The van der Waals surface area contributed by atoms with Gasteiger partial charge in [-0.2, -0.15) is 0 Å². The Morgan fingerprint density at radius 2 is 1.88 bits per heavy atom. The zero-order chi connectivity index (χ0) is 23.8. The first-order chi connectivity index (χ1) is 15.6. The monoisotopic (exact) mass is 454 g/mol. The summed E-state index contributed by atoms with van der Waals surface area (Å²) in [5.41, 5.74) is 4.81. The highest BCUT2D eigenvalue weighted by Gasteiger charge is 2.28. The van der Waals surface area contributed by atoms with Crippen LogP contribution in [0.3, 0.4) is 0 Å². The third-order valence-electron chi connectivity index (χ3n) is 6.67. The fourth-order valence-electron chi connectivity index (χ4n) is 5.00. The van der Waals surface area contributed by atoms with Gasteiger partial charge in [-0.15, -0.1) is 0 Å². The van der Waals surface area contributed by atoms with Crippen LogP contribution in [-0.4, -0.2) is 64.7 Å². The minimum Gasteiger partial charge on any atom is -0.444 e. The SMILES string of the molecule is Cc1ccc2c(c1)c1c(n2CCC(=O)NC2CCN(C(=O)OC(C)(C)C)CC2)CCN(C)C1. The van der Waals surface area contributed by atoms with E-state index < -0.39 is 5.60 Å². The quantitative estimate of drug-likeness (QED) is 0.762. The van der Waals surface area contributed by atoms with Crippen molar-refractivity contribution in [3.8, 4) is 0 Å². The summed E-state index contributed by atoms with van der Waals surface area (Å²) in [6.07, 6.45) is 2.74. The Kier molecular flexibility index (Phi) is 6.71. The van der Waals surface area contributed by atoms with Gasteiger partial charge in [-0.3, -0.25) is 4.79 Å². The summed E-state index contributed by atoms with van der Waals surface area (Å²) in [7, 11) is 2.17. The molecule has 2 aromatic rings. The molecule has 3 heterocycles. The average molecular weight is 455 g/mol. The highest BCUT2D eigenvalue weighted by atomic mass is 16.6. The first kappa shape index (κ1) is 23.6. The number of likely N-dealkylation sites (tertiary alicyclic amines) is 1. The van der Waals surface area contributed by atoms with Crippen LogP contribution in [0, 0.1) is 6.92 Å². The average Bonchev–Trinajstić information content (AvgIpc) is 3.03. The predicted octanol–water partition coefficient (Wildman–Crippen LogP) is 3.84. The maximum absolute atomic E-state index is 12.8. The molecule has 0 unspecified atom stereocenters. The number of amides is 2. The second kappa shape index (κ2) is 9.37. The van der Waals surface area contributed by atoms with Gasteiger partial charge in [-0.25, -0.2) is 4.79 Å². The van der Waals surface area contributed by atoms with Crippen molar-refractivity contribution in [2.75, 3.05) is 26.7 Å². The molecule has 7 nitrogen and oxygen atoms in total. The van der Waals surface area contributed by atoms with Gasteiger partial charge in [0, 0.05) is 68.2 Å². The number of hydrogen-bond acceptors (Lipinski definition) is 4. The van der Waals surface area contributed by atoms with Crippen molar-refractivity contribution in [1.29, 1.82) is 0 Å². The fourth-order valence-corrected chi connectivity index (χ4v) is 5.00. The lowest BCUT2D eigenvalue weighted by Gasteiger charge is -2.33. The molecule has 7 heteroatoms. The molecule has 180 valence electrons. The van der Waals surface area contributed by atoms with E-state index in [4.69, 9.17) is 4.74 Å². The number of carbonyl (C=O) groups is 2. The molecule has 1 aromatic heterocycles. The number of benzene rings is 1. The van der Waals surface area contributed by atoms with E-state index in [1.165, 1.54) is 27.7 Å². The van der Waals surface area contributed by atoms with Crippen LogP contribution in [0.15, 0.2) is 18.2 Å². The molecular formula is C26H38N4O3. The zero-order valence-electron chi connectivity index (χ0n) is 20.7. The van der Waals surface area contributed by atoms with E-state index in [9.17, 15) is 9.59 Å². The summed E-state index contributed by atoms with van der Waals surface area (Å²) < 4.78 is 7.82. The first-order valence-corrected chi connectivity index (χ1v) is 12.2. The summed E-state index contributed by atoms with van der Waals surface area (Å²) in [6.45, 7) is 11.7. The summed E-state index contributed by atoms with van der Waals surface area (Å²) in [6, 6.07) is 6.75.